The minimum absolute atomic E-state index is 0.211. The lowest BCUT2D eigenvalue weighted by Gasteiger charge is -2.17. The largest absolute Gasteiger partial charge is 0.490 e. The van der Waals surface area contributed by atoms with Crippen LogP contribution >= 0.6 is 35.0 Å². The van der Waals surface area contributed by atoms with Crippen LogP contribution in [-0.4, -0.2) is 24.3 Å². The summed E-state index contributed by atoms with van der Waals surface area (Å²) in [6.45, 7) is 14.2. The average Bonchev–Trinajstić information content (AvgIpc) is 3.21. The zero-order valence-corrected chi connectivity index (χ0v) is 25.0. The molecule has 1 fully saturated rings. The number of hydrogen-bond donors (Lipinski definition) is 0. The van der Waals surface area contributed by atoms with E-state index in [1.165, 1.54) is 11.8 Å². The molecule has 0 unspecified atom stereocenters. The number of amidine groups is 1. The molecule has 0 spiro atoms. The third-order valence-corrected chi connectivity index (χ3v) is 7.84. The number of amides is 1. The zero-order chi connectivity index (χ0) is 28.8. The Hall–Kier alpha value is -3.45. The molecule has 0 atom stereocenters. The number of hydrogen-bond acceptors (Lipinski definition) is 5. The van der Waals surface area contributed by atoms with E-state index in [2.05, 4.69) is 13.2 Å². The zero-order valence-electron chi connectivity index (χ0n) is 22.7. The summed E-state index contributed by atoms with van der Waals surface area (Å²) in [6, 6.07) is 14.9. The maximum absolute atomic E-state index is 13.9. The Morgan fingerprint density at radius 2 is 1.70 bits per heavy atom. The first-order valence-electron chi connectivity index (χ1n) is 12.7. The normalized spacial score (nSPS) is 15.1. The van der Waals surface area contributed by atoms with Crippen molar-refractivity contribution in [3.63, 3.8) is 0 Å². The minimum Gasteiger partial charge on any atom is -0.490 e. The molecule has 0 N–H and O–H groups in total. The van der Waals surface area contributed by atoms with E-state index in [1.807, 2.05) is 63.2 Å². The lowest BCUT2D eigenvalue weighted by Crippen LogP contribution is -2.28. The molecule has 3 aromatic rings. The van der Waals surface area contributed by atoms with E-state index in [9.17, 15) is 4.79 Å². The molecule has 5 nitrogen and oxygen atoms in total. The highest BCUT2D eigenvalue weighted by Crippen LogP contribution is 2.40. The molecule has 1 heterocycles. The van der Waals surface area contributed by atoms with Gasteiger partial charge in [-0.05, 0) is 98.1 Å². The lowest BCUT2D eigenvalue weighted by atomic mass is 10.0. The average molecular weight is 594 g/mol. The molecule has 0 aromatic heterocycles. The van der Waals surface area contributed by atoms with Crippen LogP contribution in [0, 0.1) is 13.8 Å². The molecular weight excluding hydrogens is 563 g/mol. The van der Waals surface area contributed by atoms with E-state index in [4.69, 9.17) is 37.7 Å². The predicted octanol–water partition coefficient (Wildman–Crippen LogP) is 9.11. The summed E-state index contributed by atoms with van der Waals surface area (Å²) >= 11 is 14.1. The van der Waals surface area contributed by atoms with Crippen molar-refractivity contribution in [2.75, 3.05) is 18.1 Å². The van der Waals surface area contributed by atoms with Gasteiger partial charge in [-0.15, -0.1) is 6.58 Å². The van der Waals surface area contributed by atoms with Gasteiger partial charge in [0.05, 0.1) is 22.9 Å². The van der Waals surface area contributed by atoms with Gasteiger partial charge in [0.1, 0.15) is 6.61 Å². The van der Waals surface area contributed by atoms with Crippen molar-refractivity contribution in [3.05, 3.63) is 111 Å². The van der Waals surface area contributed by atoms with Crippen molar-refractivity contribution in [3.8, 4) is 11.5 Å². The Balaban J connectivity index is 1.82. The summed E-state index contributed by atoms with van der Waals surface area (Å²) in [7, 11) is 0. The van der Waals surface area contributed by atoms with Gasteiger partial charge in [0.15, 0.2) is 16.7 Å². The summed E-state index contributed by atoms with van der Waals surface area (Å²) < 4.78 is 11.8. The van der Waals surface area contributed by atoms with Gasteiger partial charge in [-0.3, -0.25) is 9.69 Å². The van der Waals surface area contributed by atoms with Gasteiger partial charge in [0, 0.05) is 15.6 Å². The van der Waals surface area contributed by atoms with Crippen LogP contribution in [0.3, 0.4) is 0 Å². The number of thioether (sulfide) groups is 1. The molecule has 4 rings (SSSR count). The second kappa shape index (κ2) is 13.3. The van der Waals surface area contributed by atoms with Crippen LogP contribution < -0.4 is 14.4 Å². The van der Waals surface area contributed by atoms with Gasteiger partial charge in [0.2, 0.25) is 0 Å². The molecule has 1 amide bonds. The number of halogens is 2. The van der Waals surface area contributed by atoms with Crippen molar-refractivity contribution in [1.82, 2.24) is 0 Å². The highest BCUT2D eigenvalue weighted by molar-refractivity contribution is 8.19. The van der Waals surface area contributed by atoms with Gasteiger partial charge in [-0.2, -0.15) is 0 Å². The Morgan fingerprint density at radius 3 is 2.35 bits per heavy atom. The SMILES string of the molecule is C=CCOc1c(CC=C)cc(/C=C2/SC(=Nc3ccc(C)c(Cl)c3)N(c3ccc(C)c(Cl)c3)C2=O)cc1OCC. The Kier molecular flexibility index (Phi) is 9.80. The fourth-order valence-electron chi connectivity index (χ4n) is 4.05. The number of allylic oxidation sites excluding steroid dienone is 1. The minimum atomic E-state index is -0.211. The van der Waals surface area contributed by atoms with E-state index in [-0.39, 0.29) is 5.91 Å². The van der Waals surface area contributed by atoms with Crippen LogP contribution in [0.4, 0.5) is 11.4 Å². The number of anilines is 1. The van der Waals surface area contributed by atoms with Crippen LogP contribution in [0.25, 0.3) is 6.08 Å². The van der Waals surface area contributed by atoms with Gasteiger partial charge in [0.25, 0.3) is 5.91 Å². The first-order valence-corrected chi connectivity index (χ1v) is 14.3. The summed E-state index contributed by atoms with van der Waals surface area (Å²) in [5.74, 6) is 1.03. The topological polar surface area (TPSA) is 51.1 Å². The van der Waals surface area contributed by atoms with E-state index in [1.54, 1.807) is 29.2 Å². The molecule has 0 aliphatic carbocycles. The third kappa shape index (κ3) is 6.64. The van der Waals surface area contributed by atoms with Crippen LogP contribution in [0.1, 0.15) is 29.2 Å². The Labute approximate surface area is 249 Å². The number of aliphatic imine (C=N–C) groups is 1. The molecule has 1 saturated heterocycles. The summed E-state index contributed by atoms with van der Waals surface area (Å²) in [5, 5.41) is 1.67. The van der Waals surface area contributed by atoms with Crippen molar-refractivity contribution in [2.24, 2.45) is 4.99 Å². The first-order chi connectivity index (χ1) is 19.2. The Bertz CT molecular complexity index is 1530. The summed E-state index contributed by atoms with van der Waals surface area (Å²) in [6.07, 6.45) is 5.90. The fraction of sp³-hybridized carbons (Fsp3) is 0.188. The molecule has 0 bridgehead atoms. The summed E-state index contributed by atoms with van der Waals surface area (Å²) in [4.78, 5) is 20.7. The first kappa shape index (κ1) is 29.5. The highest BCUT2D eigenvalue weighted by Gasteiger charge is 2.35. The molecular formula is C32H30Cl2N2O3S. The maximum Gasteiger partial charge on any atom is 0.271 e. The number of nitrogens with zero attached hydrogens (tertiary/aromatic N) is 2. The quantitative estimate of drug-likeness (QED) is 0.174. The van der Waals surface area contributed by atoms with Crippen molar-refractivity contribution >= 4 is 63.5 Å². The monoisotopic (exact) mass is 592 g/mol. The Morgan fingerprint density at radius 1 is 0.975 bits per heavy atom. The molecule has 0 radical (unpaired) electrons. The van der Waals surface area contributed by atoms with Gasteiger partial charge >= 0.3 is 0 Å². The van der Waals surface area contributed by atoms with E-state index >= 15 is 0 Å². The van der Waals surface area contributed by atoms with E-state index in [0.29, 0.717) is 62.6 Å². The lowest BCUT2D eigenvalue weighted by molar-refractivity contribution is -0.113. The molecule has 1 aliphatic rings. The molecule has 0 saturated carbocycles. The van der Waals surface area contributed by atoms with Gasteiger partial charge in [-0.25, -0.2) is 4.99 Å². The van der Waals surface area contributed by atoms with Gasteiger partial charge < -0.3 is 9.47 Å². The van der Waals surface area contributed by atoms with Crippen molar-refractivity contribution in [1.29, 1.82) is 0 Å². The molecule has 3 aromatic carbocycles. The molecule has 206 valence electrons. The standard InChI is InChI=1S/C32H30Cl2N2O3S/c1-6-9-23-15-22(16-28(38-8-3)30(23)39-14-7-2)17-29-31(37)36(25-13-11-21(5)27(34)19-25)32(40-29)35-24-12-10-20(4)26(33)18-24/h6-7,10-13,15-19H,1-2,8-9,14H2,3-5H3/b29-17+,35-32?. The molecule has 1 aliphatic heterocycles. The summed E-state index contributed by atoms with van der Waals surface area (Å²) in [5.41, 5.74) is 4.83. The second-order valence-electron chi connectivity index (χ2n) is 9.05. The number of aryl methyl sites for hydroxylation is 2. The predicted molar refractivity (Wildman–Crippen MR) is 170 cm³/mol. The molecule has 8 heteroatoms. The fourth-order valence-corrected chi connectivity index (χ4v) is 5.40. The van der Waals surface area contributed by atoms with Gasteiger partial charge in [-0.1, -0.05) is 54.1 Å². The van der Waals surface area contributed by atoms with Crippen LogP contribution in [0.15, 0.2) is 83.7 Å². The number of carbonyl (C=O) groups is 1. The van der Waals surface area contributed by atoms with E-state index < -0.39 is 0 Å². The second-order valence-corrected chi connectivity index (χ2v) is 10.9. The maximum atomic E-state index is 13.9. The van der Waals surface area contributed by atoms with Crippen LogP contribution in [0.5, 0.6) is 11.5 Å². The number of carbonyl (C=O) groups excluding carboxylic acids is 1. The number of rotatable bonds is 10. The number of benzene rings is 3. The van der Waals surface area contributed by atoms with Crippen LogP contribution in [-0.2, 0) is 11.2 Å². The van der Waals surface area contributed by atoms with Crippen molar-refractivity contribution < 1.29 is 14.3 Å². The third-order valence-electron chi connectivity index (χ3n) is 6.06. The van der Waals surface area contributed by atoms with E-state index in [0.717, 1.165) is 22.3 Å². The number of ether oxygens (including phenoxy) is 2. The van der Waals surface area contributed by atoms with Crippen molar-refractivity contribution in [2.45, 2.75) is 27.2 Å². The molecule has 40 heavy (non-hydrogen) atoms. The highest BCUT2D eigenvalue weighted by atomic mass is 35.5. The van der Waals surface area contributed by atoms with Crippen LogP contribution in [0.2, 0.25) is 10.0 Å². The smallest absolute Gasteiger partial charge is 0.271 e.